The first kappa shape index (κ1) is 13.4. The van der Waals surface area contributed by atoms with E-state index in [1.54, 1.807) is 18.5 Å². The summed E-state index contributed by atoms with van der Waals surface area (Å²) < 4.78 is 37.6. The molecule has 2 aromatic rings. The molecule has 0 spiro atoms. The maximum absolute atomic E-state index is 12.5. The molecule has 1 heterocycles. The van der Waals surface area contributed by atoms with E-state index < -0.39 is 11.7 Å². The second kappa shape index (κ2) is 5.73. The van der Waals surface area contributed by atoms with Gasteiger partial charge in [0.25, 0.3) is 0 Å². The molecule has 1 N–H and O–H groups in total. The fourth-order valence-corrected chi connectivity index (χ4v) is 1.71. The lowest BCUT2D eigenvalue weighted by Crippen LogP contribution is -2.08. The van der Waals surface area contributed by atoms with Crippen LogP contribution in [0.25, 0.3) is 0 Å². The number of nitrogens with zero attached hydrogens (tertiary/aromatic N) is 1. The molecule has 0 bridgehead atoms. The predicted octanol–water partition coefficient (Wildman–Crippen LogP) is 3.76. The molecule has 2 rings (SSSR count). The van der Waals surface area contributed by atoms with E-state index in [1.807, 2.05) is 12.1 Å². The molecule has 0 saturated carbocycles. The van der Waals surface area contributed by atoms with Gasteiger partial charge in [0.2, 0.25) is 0 Å². The van der Waals surface area contributed by atoms with E-state index in [9.17, 15) is 13.2 Å². The summed E-state index contributed by atoms with van der Waals surface area (Å²) in [7, 11) is 0. The lowest BCUT2D eigenvalue weighted by molar-refractivity contribution is -0.137. The van der Waals surface area contributed by atoms with Crippen molar-refractivity contribution in [3.05, 3.63) is 59.9 Å². The summed E-state index contributed by atoms with van der Waals surface area (Å²) in [4.78, 5) is 3.90. The Kier molecular flexibility index (Phi) is 4.04. The molecule has 1 aromatic heterocycles. The Morgan fingerprint density at radius 1 is 1.05 bits per heavy atom. The minimum atomic E-state index is -4.30. The molecule has 0 saturated heterocycles. The van der Waals surface area contributed by atoms with Crippen LogP contribution in [0.4, 0.5) is 18.9 Å². The zero-order chi connectivity index (χ0) is 13.7. The third kappa shape index (κ3) is 3.98. The van der Waals surface area contributed by atoms with E-state index in [1.165, 1.54) is 6.07 Å². The number of aromatic nitrogens is 1. The number of anilines is 1. The van der Waals surface area contributed by atoms with Crippen molar-refractivity contribution in [2.75, 3.05) is 11.9 Å². The van der Waals surface area contributed by atoms with Crippen LogP contribution >= 0.6 is 0 Å². The van der Waals surface area contributed by atoms with Crippen LogP contribution in [0.15, 0.2) is 48.8 Å². The van der Waals surface area contributed by atoms with Crippen molar-refractivity contribution in [1.82, 2.24) is 4.98 Å². The number of alkyl halides is 3. The lowest BCUT2D eigenvalue weighted by atomic mass is 10.1. The van der Waals surface area contributed by atoms with E-state index >= 15 is 0 Å². The van der Waals surface area contributed by atoms with Crippen molar-refractivity contribution >= 4 is 5.69 Å². The topological polar surface area (TPSA) is 24.9 Å². The van der Waals surface area contributed by atoms with Gasteiger partial charge in [-0.05, 0) is 42.3 Å². The third-order valence-corrected chi connectivity index (χ3v) is 2.68. The van der Waals surface area contributed by atoms with Gasteiger partial charge in [0, 0.05) is 24.6 Å². The van der Waals surface area contributed by atoms with Crippen molar-refractivity contribution in [2.24, 2.45) is 0 Å². The first-order valence-corrected chi connectivity index (χ1v) is 5.86. The SMILES string of the molecule is FC(F)(F)c1cccc(NCCc2ccncc2)c1. The second-order valence-corrected chi connectivity index (χ2v) is 4.11. The summed E-state index contributed by atoms with van der Waals surface area (Å²) in [5.74, 6) is 0. The van der Waals surface area contributed by atoms with Crippen molar-refractivity contribution in [3.8, 4) is 0 Å². The van der Waals surface area contributed by atoms with Crippen LogP contribution in [0.1, 0.15) is 11.1 Å². The summed E-state index contributed by atoms with van der Waals surface area (Å²) >= 11 is 0. The highest BCUT2D eigenvalue weighted by molar-refractivity contribution is 5.46. The molecule has 0 aliphatic heterocycles. The Hall–Kier alpha value is -2.04. The van der Waals surface area contributed by atoms with Crippen LogP contribution in [-0.4, -0.2) is 11.5 Å². The lowest BCUT2D eigenvalue weighted by Gasteiger charge is -2.10. The number of hydrogen-bond acceptors (Lipinski definition) is 2. The van der Waals surface area contributed by atoms with E-state index in [2.05, 4.69) is 10.3 Å². The Morgan fingerprint density at radius 3 is 2.47 bits per heavy atom. The molecule has 0 aliphatic rings. The summed E-state index contributed by atoms with van der Waals surface area (Å²) in [6.07, 6.45) is -0.180. The molecular formula is C14H13F3N2. The number of rotatable bonds is 4. The van der Waals surface area contributed by atoms with E-state index in [4.69, 9.17) is 0 Å². The summed E-state index contributed by atoms with van der Waals surface area (Å²) in [5.41, 5.74) is 0.930. The smallest absolute Gasteiger partial charge is 0.385 e. The highest BCUT2D eigenvalue weighted by Gasteiger charge is 2.30. The maximum Gasteiger partial charge on any atom is 0.416 e. The van der Waals surface area contributed by atoms with Gasteiger partial charge < -0.3 is 5.32 Å². The van der Waals surface area contributed by atoms with Crippen LogP contribution in [0, 0.1) is 0 Å². The molecule has 0 aliphatic carbocycles. The minimum Gasteiger partial charge on any atom is -0.385 e. The predicted molar refractivity (Wildman–Crippen MR) is 67.9 cm³/mol. The average Bonchev–Trinajstić information content (AvgIpc) is 2.39. The molecule has 1 aromatic carbocycles. The molecular weight excluding hydrogens is 253 g/mol. The largest absolute Gasteiger partial charge is 0.416 e. The van der Waals surface area contributed by atoms with Crippen LogP contribution in [0.3, 0.4) is 0 Å². The standard InChI is InChI=1S/C14H13F3N2/c15-14(16,17)12-2-1-3-13(10-12)19-9-6-11-4-7-18-8-5-11/h1-5,7-8,10,19H,6,9H2. The summed E-state index contributed by atoms with van der Waals surface area (Å²) in [6, 6.07) is 8.97. The van der Waals surface area contributed by atoms with Crippen LogP contribution in [0.5, 0.6) is 0 Å². The molecule has 19 heavy (non-hydrogen) atoms. The van der Waals surface area contributed by atoms with E-state index in [0.29, 0.717) is 12.2 Å². The molecule has 0 amide bonds. The van der Waals surface area contributed by atoms with Gasteiger partial charge in [-0.3, -0.25) is 4.98 Å². The number of nitrogens with one attached hydrogen (secondary N) is 1. The first-order chi connectivity index (χ1) is 9.05. The fourth-order valence-electron chi connectivity index (χ4n) is 1.71. The number of halogens is 3. The Morgan fingerprint density at radius 2 is 1.79 bits per heavy atom. The van der Waals surface area contributed by atoms with E-state index in [0.717, 1.165) is 24.1 Å². The molecule has 100 valence electrons. The van der Waals surface area contributed by atoms with Gasteiger partial charge in [-0.15, -0.1) is 0 Å². The molecule has 0 unspecified atom stereocenters. The van der Waals surface area contributed by atoms with E-state index in [-0.39, 0.29) is 0 Å². The average molecular weight is 266 g/mol. The van der Waals surface area contributed by atoms with Crippen LogP contribution < -0.4 is 5.32 Å². The Labute approximate surface area is 109 Å². The fraction of sp³-hybridized carbons (Fsp3) is 0.214. The van der Waals surface area contributed by atoms with Gasteiger partial charge in [0.05, 0.1) is 5.56 Å². The molecule has 0 radical (unpaired) electrons. The second-order valence-electron chi connectivity index (χ2n) is 4.11. The van der Waals surface area contributed by atoms with Gasteiger partial charge in [0.1, 0.15) is 0 Å². The van der Waals surface area contributed by atoms with Crippen molar-refractivity contribution in [3.63, 3.8) is 0 Å². The monoisotopic (exact) mass is 266 g/mol. The van der Waals surface area contributed by atoms with Crippen LogP contribution in [-0.2, 0) is 12.6 Å². The van der Waals surface area contributed by atoms with Gasteiger partial charge in [-0.25, -0.2) is 0 Å². The highest BCUT2D eigenvalue weighted by Crippen LogP contribution is 2.30. The summed E-state index contributed by atoms with van der Waals surface area (Å²) in [5, 5.41) is 2.99. The van der Waals surface area contributed by atoms with Crippen molar-refractivity contribution < 1.29 is 13.2 Å². The molecule has 5 heteroatoms. The van der Waals surface area contributed by atoms with Gasteiger partial charge in [0.15, 0.2) is 0 Å². The zero-order valence-corrected chi connectivity index (χ0v) is 10.1. The number of hydrogen-bond donors (Lipinski definition) is 1. The van der Waals surface area contributed by atoms with Crippen molar-refractivity contribution in [1.29, 1.82) is 0 Å². The van der Waals surface area contributed by atoms with Gasteiger partial charge >= 0.3 is 6.18 Å². The first-order valence-electron chi connectivity index (χ1n) is 5.86. The summed E-state index contributed by atoms with van der Waals surface area (Å²) in [6.45, 7) is 0.575. The third-order valence-electron chi connectivity index (χ3n) is 2.68. The maximum atomic E-state index is 12.5. The van der Waals surface area contributed by atoms with Crippen molar-refractivity contribution in [2.45, 2.75) is 12.6 Å². The Bertz CT molecular complexity index is 524. The van der Waals surface area contributed by atoms with Gasteiger partial charge in [-0.2, -0.15) is 13.2 Å². The van der Waals surface area contributed by atoms with Gasteiger partial charge in [-0.1, -0.05) is 6.07 Å². The minimum absolute atomic E-state index is 0.476. The zero-order valence-electron chi connectivity index (χ0n) is 10.1. The number of benzene rings is 1. The molecule has 0 atom stereocenters. The molecule has 0 fully saturated rings. The Balaban J connectivity index is 1.93. The normalized spacial score (nSPS) is 11.3. The number of pyridine rings is 1. The molecule has 2 nitrogen and oxygen atoms in total. The highest BCUT2D eigenvalue weighted by atomic mass is 19.4. The van der Waals surface area contributed by atoms with Crippen LogP contribution in [0.2, 0.25) is 0 Å². The quantitative estimate of drug-likeness (QED) is 0.911.